The Morgan fingerprint density at radius 2 is 1.68 bits per heavy atom. The Morgan fingerprint density at radius 3 is 2.24 bits per heavy atom. The van der Waals surface area contributed by atoms with Crippen LogP contribution in [-0.2, 0) is 11.3 Å². The molecule has 0 bridgehead atoms. The molecule has 0 fully saturated rings. The van der Waals surface area contributed by atoms with Gasteiger partial charge in [0.25, 0.3) is 0 Å². The summed E-state index contributed by atoms with van der Waals surface area (Å²) in [6.45, 7) is 2.27. The summed E-state index contributed by atoms with van der Waals surface area (Å²) >= 11 is 0. The van der Waals surface area contributed by atoms with E-state index in [0.717, 1.165) is 11.1 Å². The number of amides is 1. The summed E-state index contributed by atoms with van der Waals surface area (Å²) in [6, 6.07) is 15.9. The fraction of sp³-hybridized carbons (Fsp3) is 0.200. The molecule has 1 amide bonds. The minimum absolute atomic E-state index is 0.112. The van der Waals surface area contributed by atoms with Crippen LogP contribution in [0.3, 0.4) is 0 Å². The highest BCUT2D eigenvalue weighted by molar-refractivity contribution is 5.97. The molecule has 0 aliphatic carbocycles. The molecule has 25 heavy (non-hydrogen) atoms. The van der Waals surface area contributed by atoms with Crippen LogP contribution in [0.5, 0.6) is 0 Å². The normalized spacial score (nSPS) is 11.2. The molecule has 5 heteroatoms. The number of nitrogens with zero attached hydrogens (tertiary/aromatic N) is 1. The van der Waals surface area contributed by atoms with Crippen molar-refractivity contribution in [2.24, 2.45) is 0 Å². The van der Waals surface area contributed by atoms with Crippen LogP contribution in [0.1, 0.15) is 28.4 Å². The van der Waals surface area contributed by atoms with Gasteiger partial charge in [-0.25, -0.2) is 4.79 Å². The van der Waals surface area contributed by atoms with Crippen molar-refractivity contribution in [3.8, 4) is 0 Å². The molecule has 0 aliphatic rings. The minimum Gasteiger partial charge on any atom is -0.478 e. The second-order valence-electron chi connectivity index (χ2n) is 5.69. The first-order valence-corrected chi connectivity index (χ1v) is 7.97. The van der Waals surface area contributed by atoms with Crippen LogP contribution in [0.25, 0.3) is 6.08 Å². The quantitative estimate of drug-likeness (QED) is 0.761. The monoisotopic (exact) mass is 339 g/mol. The second kappa shape index (κ2) is 8.80. The maximum absolute atomic E-state index is 12.7. The first kappa shape index (κ1) is 18.4. The maximum Gasteiger partial charge on any atom is 0.335 e. The number of benzene rings is 2. The number of carbonyl (C=O) groups excluding carboxylic acids is 1. The van der Waals surface area contributed by atoms with Gasteiger partial charge in [-0.15, -0.1) is 0 Å². The van der Waals surface area contributed by atoms with Gasteiger partial charge in [0.15, 0.2) is 0 Å². The number of hydrogen-bond donors (Lipinski definition) is 2. The Hall–Kier alpha value is -2.92. The Morgan fingerprint density at radius 1 is 1.04 bits per heavy atom. The third-order valence-corrected chi connectivity index (χ3v) is 3.75. The predicted octanol–water partition coefficient (Wildman–Crippen LogP) is 2.81. The minimum atomic E-state index is -0.986. The van der Waals surface area contributed by atoms with E-state index in [-0.39, 0.29) is 24.6 Å². The van der Waals surface area contributed by atoms with Gasteiger partial charge in [0.2, 0.25) is 5.91 Å². The van der Waals surface area contributed by atoms with Crippen LogP contribution >= 0.6 is 0 Å². The zero-order valence-electron chi connectivity index (χ0n) is 14.1. The SMILES string of the molecule is C/C(=C\c1ccc(C(=O)O)cc1)C(=O)N(CCO)Cc1ccccc1. The molecule has 5 nitrogen and oxygen atoms in total. The van der Waals surface area contributed by atoms with Gasteiger partial charge >= 0.3 is 5.97 Å². The highest BCUT2D eigenvalue weighted by Crippen LogP contribution is 2.13. The van der Waals surface area contributed by atoms with E-state index in [9.17, 15) is 14.7 Å². The molecule has 0 unspecified atom stereocenters. The van der Waals surface area contributed by atoms with Gasteiger partial charge in [-0.1, -0.05) is 42.5 Å². The molecule has 0 atom stereocenters. The molecule has 0 saturated heterocycles. The van der Waals surface area contributed by atoms with E-state index in [1.807, 2.05) is 30.3 Å². The van der Waals surface area contributed by atoms with Crippen LogP contribution in [0.15, 0.2) is 60.2 Å². The predicted molar refractivity (Wildman–Crippen MR) is 96.0 cm³/mol. The largest absolute Gasteiger partial charge is 0.478 e. The van der Waals surface area contributed by atoms with E-state index in [2.05, 4.69) is 0 Å². The molecule has 0 aromatic heterocycles. The molecule has 0 radical (unpaired) electrons. The van der Waals surface area contributed by atoms with Crippen LogP contribution in [0.2, 0.25) is 0 Å². The van der Waals surface area contributed by atoms with Crippen molar-refractivity contribution in [3.63, 3.8) is 0 Å². The van der Waals surface area contributed by atoms with Crippen molar-refractivity contribution in [2.45, 2.75) is 13.5 Å². The number of carboxylic acid groups (broad SMARTS) is 1. The van der Waals surface area contributed by atoms with Crippen LogP contribution in [0.4, 0.5) is 0 Å². The number of carbonyl (C=O) groups is 2. The zero-order chi connectivity index (χ0) is 18.2. The summed E-state index contributed by atoms with van der Waals surface area (Å²) in [5, 5.41) is 18.2. The molecule has 0 spiro atoms. The molecule has 2 aromatic rings. The van der Waals surface area contributed by atoms with Gasteiger partial charge in [-0.05, 0) is 36.3 Å². The van der Waals surface area contributed by atoms with E-state index >= 15 is 0 Å². The topological polar surface area (TPSA) is 77.8 Å². The Bertz CT molecular complexity index is 751. The molecule has 130 valence electrons. The van der Waals surface area contributed by atoms with Gasteiger partial charge < -0.3 is 15.1 Å². The Labute approximate surface area is 146 Å². The second-order valence-corrected chi connectivity index (χ2v) is 5.69. The van der Waals surface area contributed by atoms with Gasteiger partial charge in [-0.3, -0.25) is 4.79 Å². The summed E-state index contributed by atoms with van der Waals surface area (Å²) in [6.07, 6.45) is 1.71. The molecule has 0 heterocycles. The first-order chi connectivity index (χ1) is 12.0. The average Bonchev–Trinajstić information content (AvgIpc) is 2.62. The van der Waals surface area contributed by atoms with Gasteiger partial charge in [-0.2, -0.15) is 0 Å². The number of rotatable bonds is 7. The lowest BCUT2D eigenvalue weighted by molar-refractivity contribution is -0.128. The zero-order valence-corrected chi connectivity index (χ0v) is 14.1. The van der Waals surface area contributed by atoms with E-state index in [4.69, 9.17) is 5.11 Å². The van der Waals surface area contributed by atoms with Crippen molar-refractivity contribution in [1.82, 2.24) is 4.90 Å². The molecular formula is C20H21NO4. The maximum atomic E-state index is 12.7. The summed E-state index contributed by atoms with van der Waals surface area (Å²) in [7, 11) is 0. The Kier molecular flexibility index (Phi) is 6.48. The fourth-order valence-corrected chi connectivity index (χ4v) is 2.46. The number of aliphatic hydroxyl groups is 1. The lowest BCUT2D eigenvalue weighted by Gasteiger charge is -2.22. The van der Waals surface area contributed by atoms with Crippen molar-refractivity contribution in [3.05, 3.63) is 76.9 Å². The fourth-order valence-electron chi connectivity index (χ4n) is 2.46. The Balaban J connectivity index is 2.15. The molecule has 0 aliphatic heterocycles. The van der Waals surface area contributed by atoms with Crippen LogP contribution in [0, 0.1) is 0 Å². The number of aliphatic hydroxyl groups excluding tert-OH is 1. The lowest BCUT2D eigenvalue weighted by Crippen LogP contribution is -2.33. The summed E-state index contributed by atoms with van der Waals surface area (Å²) in [5.74, 6) is -1.15. The standard InChI is InChI=1S/C20H21NO4/c1-15(13-16-7-9-18(10-8-16)20(24)25)19(23)21(11-12-22)14-17-5-3-2-4-6-17/h2-10,13,22H,11-12,14H2,1H3,(H,24,25)/b15-13+. The number of hydrogen-bond acceptors (Lipinski definition) is 3. The number of carboxylic acids is 1. The number of aromatic carboxylic acids is 1. The highest BCUT2D eigenvalue weighted by atomic mass is 16.4. The van der Waals surface area contributed by atoms with Crippen LogP contribution < -0.4 is 0 Å². The van der Waals surface area contributed by atoms with Crippen molar-refractivity contribution < 1.29 is 19.8 Å². The third kappa shape index (κ3) is 5.29. The van der Waals surface area contributed by atoms with Crippen LogP contribution in [-0.4, -0.2) is 40.1 Å². The third-order valence-electron chi connectivity index (χ3n) is 3.75. The smallest absolute Gasteiger partial charge is 0.335 e. The average molecular weight is 339 g/mol. The lowest BCUT2D eigenvalue weighted by atomic mass is 10.1. The van der Waals surface area contributed by atoms with E-state index in [1.165, 1.54) is 12.1 Å². The molecule has 2 rings (SSSR count). The molecule has 2 aromatic carbocycles. The van der Waals surface area contributed by atoms with E-state index in [1.54, 1.807) is 30.0 Å². The van der Waals surface area contributed by atoms with Crippen molar-refractivity contribution >= 4 is 18.0 Å². The van der Waals surface area contributed by atoms with E-state index in [0.29, 0.717) is 12.1 Å². The van der Waals surface area contributed by atoms with Crippen molar-refractivity contribution in [1.29, 1.82) is 0 Å². The molecular weight excluding hydrogens is 318 g/mol. The molecule has 0 saturated carbocycles. The molecule has 2 N–H and O–H groups in total. The summed E-state index contributed by atoms with van der Waals surface area (Å²) < 4.78 is 0. The summed E-state index contributed by atoms with van der Waals surface area (Å²) in [4.78, 5) is 25.1. The highest BCUT2D eigenvalue weighted by Gasteiger charge is 2.15. The van der Waals surface area contributed by atoms with Gasteiger partial charge in [0.1, 0.15) is 0 Å². The first-order valence-electron chi connectivity index (χ1n) is 7.97. The summed E-state index contributed by atoms with van der Waals surface area (Å²) in [5.41, 5.74) is 2.46. The van der Waals surface area contributed by atoms with E-state index < -0.39 is 5.97 Å². The van der Waals surface area contributed by atoms with Gasteiger partial charge in [0, 0.05) is 18.7 Å². The van der Waals surface area contributed by atoms with Gasteiger partial charge in [0.05, 0.1) is 12.2 Å². The van der Waals surface area contributed by atoms with Crippen molar-refractivity contribution in [2.75, 3.05) is 13.2 Å².